The van der Waals surface area contributed by atoms with Gasteiger partial charge in [0, 0.05) is 0 Å². The highest BCUT2D eigenvalue weighted by molar-refractivity contribution is 7.80. The molecule has 1 unspecified atom stereocenters. The molecule has 0 fully saturated rings. The van der Waals surface area contributed by atoms with Crippen molar-refractivity contribution in [1.29, 1.82) is 0 Å². The van der Waals surface area contributed by atoms with Gasteiger partial charge in [-0.2, -0.15) is 22.0 Å². The number of halogens is 5. The lowest BCUT2D eigenvalue weighted by Crippen LogP contribution is -2.23. The molecule has 0 bridgehead atoms. The molecule has 11 heavy (non-hydrogen) atoms. The van der Waals surface area contributed by atoms with E-state index in [0.29, 0.717) is 0 Å². The van der Waals surface area contributed by atoms with Crippen LogP contribution in [0.4, 0.5) is 22.0 Å². The summed E-state index contributed by atoms with van der Waals surface area (Å²) < 4.78 is 74.3. The van der Waals surface area contributed by atoms with E-state index in [1.165, 1.54) is 0 Å². The fraction of sp³-hybridized carbons (Fsp3) is 0.333. The van der Waals surface area contributed by atoms with Crippen molar-refractivity contribution >= 4 is 11.1 Å². The minimum atomic E-state index is -5.03. The summed E-state index contributed by atoms with van der Waals surface area (Å²) in [6.45, 7) is 0. The molecule has 1 N–H and O–H groups in total. The van der Waals surface area contributed by atoms with Crippen LogP contribution in [0.25, 0.3) is 0 Å². The van der Waals surface area contributed by atoms with Gasteiger partial charge in [0.2, 0.25) is 16.9 Å². The monoisotopic (exact) mass is 196 g/mol. The normalized spacial score (nSPS) is 14.4. The van der Waals surface area contributed by atoms with Crippen molar-refractivity contribution in [3.05, 3.63) is 11.9 Å². The summed E-state index contributed by atoms with van der Waals surface area (Å²) in [7, 11) is 0. The Bertz CT molecular complexity index is 208. The van der Waals surface area contributed by atoms with E-state index in [1.54, 1.807) is 0 Å². The van der Waals surface area contributed by atoms with Crippen LogP contribution in [0.5, 0.6) is 0 Å². The standard InChI is InChI=1S/C3HF5O2S/c4-1(2(5)6)3(7,8)11(9)10/h(H,9,10). The largest absolute Gasteiger partial charge is 0.401 e. The average Bonchev–Trinajstić information content (AvgIpc) is 1.85. The highest BCUT2D eigenvalue weighted by Gasteiger charge is 2.45. The molecular weight excluding hydrogens is 195 g/mol. The first-order valence-electron chi connectivity index (χ1n) is 2.00. The summed E-state index contributed by atoms with van der Waals surface area (Å²) in [5.41, 5.74) is 0. The van der Waals surface area contributed by atoms with Crippen molar-refractivity contribution in [2.45, 2.75) is 5.25 Å². The molecule has 2 nitrogen and oxygen atoms in total. The number of rotatable bonds is 2. The van der Waals surface area contributed by atoms with Crippen LogP contribution in [0.2, 0.25) is 0 Å². The average molecular weight is 196 g/mol. The molecule has 0 amide bonds. The molecule has 0 aliphatic carbocycles. The molecule has 0 aliphatic heterocycles. The van der Waals surface area contributed by atoms with Gasteiger partial charge in [-0.3, -0.25) is 0 Å². The van der Waals surface area contributed by atoms with E-state index in [9.17, 15) is 26.2 Å². The van der Waals surface area contributed by atoms with Gasteiger partial charge in [-0.05, 0) is 0 Å². The number of alkyl halides is 2. The fourth-order valence-electron chi connectivity index (χ4n) is 0.187. The van der Waals surface area contributed by atoms with E-state index in [2.05, 4.69) is 0 Å². The van der Waals surface area contributed by atoms with Crippen molar-refractivity contribution < 1.29 is 30.7 Å². The van der Waals surface area contributed by atoms with Gasteiger partial charge in [-0.1, -0.05) is 0 Å². The first kappa shape index (κ1) is 10.5. The van der Waals surface area contributed by atoms with E-state index in [0.717, 1.165) is 0 Å². The van der Waals surface area contributed by atoms with Gasteiger partial charge in [0.15, 0.2) is 0 Å². The zero-order valence-electron chi connectivity index (χ0n) is 4.65. The van der Waals surface area contributed by atoms with Crippen LogP contribution in [0, 0.1) is 0 Å². The lowest BCUT2D eigenvalue weighted by atomic mass is 10.6. The third-order valence-electron chi connectivity index (χ3n) is 0.641. The highest BCUT2D eigenvalue weighted by Crippen LogP contribution is 2.31. The summed E-state index contributed by atoms with van der Waals surface area (Å²) in [4.78, 5) is 0. The SMILES string of the molecule is O=S(O)C(F)(F)C(F)=C(F)F. The maximum atomic E-state index is 11.7. The van der Waals surface area contributed by atoms with E-state index >= 15 is 0 Å². The first-order chi connectivity index (χ1) is 4.80. The second-order valence-electron chi connectivity index (χ2n) is 1.34. The molecule has 8 heteroatoms. The molecule has 0 saturated heterocycles. The fourth-order valence-corrected chi connectivity index (χ4v) is 0.417. The van der Waals surface area contributed by atoms with Crippen molar-refractivity contribution in [3.63, 3.8) is 0 Å². The van der Waals surface area contributed by atoms with Crippen molar-refractivity contribution in [3.8, 4) is 0 Å². The van der Waals surface area contributed by atoms with Crippen LogP contribution in [0.15, 0.2) is 11.9 Å². The summed E-state index contributed by atoms with van der Waals surface area (Å²) in [5, 5.41) is -5.03. The van der Waals surface area contributed by atoms with Crippen molar-refractivity contribution in [1.82, 2.24) is 0 Å². The first-order valence-corrected chi connectivity index (χ1v) is 3.11. The minimum absolute atomic E-state index is 3.18. The van der Waals surface area contributed by atoms with Crippen molar-refractivity contribution in [2.75, 3.05) is 0 Å². The molecule has 0 aromatic rings. The molecular formula is C3HF5O2S. The van der Waals surface area contributed by atoms with Crippen LogP contribution in [-0.4, -0.2) is 14.0 Å². The Balaban J connectivity index is 4.86. The second-order valence-corrected chi connectivity index (χ2v) is 2.35. The Labute approximate surface area is 60.0 Å². The molecule has 0 saturated carbocycles. The predicted octanol–water partition coefficient (Wildman–Crippen LogP) is 1.88. The summed E-state index contributed by atoms with van der Waals surface area (Å²) in [6, 6.07) is 0. The molecule has 0 aromatic carbocycles. The Kier molecular flexibility index (Phi) is 3.12. The zero-order chi connectivity index (χ0) is 9.23. The van der Waals surface area contributed by atoms with E-state index in [-0.39, 0.29) is 0 Å². The van der Waals surface area contributed by atoms with Gasteiger partial charge in [0.25, 0.3) is 0 Å². The van der Waals surface area contributed by atoms with E-state index < -0.39 is 28.2 Å². The third kappa shape index (κ3) is 2.22. The Morgan fingerprint density at radius 1 is 1.27 bits per heavy atom. The van der Waals surface area contributed by atoms with Gasteiger partial charge in [0.05, 0.1) is 0 Å². The van der Waals surface area contributed by atoms with Crippen molar-refractivity contribution in [2.24, 2.45) is 0 Å². The van der Waals surface area contributed by atoms with Gasteiger partial charge in [0.1, 0.15) is 0 Å². The summed E-state index contributed by atoms with van der Waals surface area (Å²) in [6.07, 6.45) is -3.31. The molecule has 0 heterocycles. The summed E-state index contributed by atoms with van der Waals surface area (Å²) in [5.74, 6) is -3.18. The van der Waals surface area contributed by atoms with E-state index in [1.807, 2.05) is 0 Å². The van der Waals surface area contributed by atoms with Crippen LogP contribution in [0.1, 0.15) is 0 Å². The molecule has 0 spiro atoms. The topological polar surface area (TPSA) is 37.3 Å². The molecule has 0 radical (unpaired) electrons. The zero-order valence-corrected chi connectivity index (χ0v) is 5.47. The molecule has 1 atom stereocenters. The third-order valence-corrected chi connectivity index (χ3v) is 1.26. The summed E-state index contributed by atoms with van der Waals surface area (Å²) >= 11 is -3.97. The van der Waals surface area contributed by atoms with Crippen LogP contribution >= 0.6 is 0 Å². The molecule has 0 rings (SSSR count). The van der Waals surface area contributed by atoms with Gasteiger partial charge >= 0.3 is 11.3 Å². The van der Waals surface area contributed by atoms with Crippen LogP contribution < -0.4 is 0 Å². The Hall–Kier alpha value is -0.500. The second kappa shape index (κ2) is 3.26. The number of hydrogen-bond acceptors (Lipinski definition) is 1. The van der Waals surface area contributed by atoms with Gasteiger partial charge < -0.3 is 4.55 Å². The van der Waals surface area contributed by atoms with E-state index in [4.69, 9.17) is 4.55 Å². The smallest absolute Gasteiger partial charge is 0.301 e. The molecule has 66 valence electrons. The predicted molar refractivity (Wildman–Crippen MR) is 26.1 cm³/mol. The minimum Gasteiger partial charge on any atom is -0.301 e. The van der Waals surface area contributed by atoms with Crippen LogP contribution in [0.3, 0.4) is 0 Å². The lowest BCUT2D eigenvalue weighted by molar-refractivity contribution is 0.0928. The lowest BCUT2D eigenvalue weighted by Gasteiger charge is -2.06. The quantitative estimate of drug-likeness (QED) is 0.540. The van der Waals surface area contributed by atoms with Crippen LogP contribution in [-0.2, 0) is 11.1 Å². The number of hydrogen-bond donors (Lipinski definition) is 1. The van der Waals surface area contributed by atoms with Gasteiger partial charge in [-0.15, -0.1) is 0 Å². The molecule has 0 aromatic heterocycles. The molecule has 0 aliphatic rings. The Morgan fingerprint density at radius 3 is 1.73 bits per heavy atom. The maximum absolute atomic E-state index is 11.7. The maximum Gasteiger partial charge on any atom is 0.401 e. The highest BCUT2D eigenvalue weighted by atomic mass is 32.2. The Morgan fingerprint density at radius 2 is 1.64 bits per heavy atom. The van der Waals surface area contributed by atoms with Gasteiger partial charge in [-0.25, -0.2) is 4.21 Å².